The molecule has 4 aliphatic carbocycles. The topological polar surface area (TPSA) is 77.8 Å². The van der Waals surface area contributed by atoms with Gasteiger partial charge < -0.3 is 15.3 Å². The van der Waals surface area contributed by atoms with Crippen LogP contribution in [0.4, 0.5) is 0 Å². The van der Waals surface area contributed by atoms with Crippen molar-refractivity contribution in [2.45, 2.75) is 97.2 Å². The molecule has 0 radical (unpaired) electrons. The van der Waals surface area contributed by atoms with Crippen LogP contribution in [0.25, 0.3) is 0 Å². The van der Waals surface area contributed by atoms with Gasteiger partial charge in [0.05, 0.1) is 12.2 Å². The van der Waals surface area contributed by atoms with Crippen molar-refractivity contribution in [3.05, 3.63) is 0 Å². The first-order valence-corrected chi connectivity index (χ1v) is 11.8. The summed E-state index contributed by atoms with van der Waals surface area (Å²) in [6.45, 7) is 6.99. The van der Waals surface area contributed by atoms with Gasteiger partial charge in [-0.3, -0.25) is 4.79 Å². The van der Waals surface area contributed by atoms with Gasteiger partial charge in [-0.2, -0.15) is 0 Å². The SMILES string of the molecule is C[C@H](CCC(=O)O)[C@H]1CCC2C3CC[C@@H]4CC(O)CC[C@]4(C)C3C[C@H](O)[C@@]21C. The normalized spacial score (nSPS) is 51.7. The Labute approximate surface area is 170 Å². The van der Waals surface area contributed by atoms with Crippen LogP contribution in [0.15, 0.2) is 0 Å². The summed E-state index contributed by atoms with van der Waals surface area (Å²) >= 11 is 0. The molecule has 0 saturated heterocycles. The molecular weight excluding hydrogens is 352 g/mol. The van der Waals surface area contributed by atoms with Crippen LogP contribution in [0.5, 0.6) is 0 Å². The highest BCUT2D eigenvalue weighted by molar-refractivity contribution is 5.66. The molecule has 0 bridgehead atoms. The van der Waals surface area contributed by atoms with E-state index >= 15 is 0 Å². The summed E-state index contributed by atoms with van der Waals surface area (Å²) in [7, 11) is 0. The van der Waals surface area contributed by atoms with Crippen LogP contribution < -0.4 is 0 Å². The second-order valence-corrected chi connectivity index (χ2v) is 11.3. The molecule has 4 fully saturated rings. The van der Waals surface area contributed by atoms with Crippen molar-refractivity contribution < 1.29 is 20.1 Å². The number of aliphatic carboxylic acids is 1. The maximum atomic E-state index is 11.5. The van der Waals surface area contributed by atoms with Gasteiger partial charge in [0.25, 0.3) is 0 Å². The van der Waals surface area contributed by atoms with Gasteiger partial charge in [0.1, 0.15) is 0 Å². The molecule has 4 heteroatoms. The average molecular weight is 393 g/mol. The largest absolute Gasteiger partial charge is 0.481 e. The molecule has 10 atom stereocenters. The van der Waals surface area contributed by atoms with Gasteiger partial charge in [0.2, 0.25) is 0 Å². The maximum Gasteiger partial charge on any atom is 0.303 e. The van der Waals surface area contributed by atoms with Crippen LogP contribution in [0.3, 0.4) is 0 Å². The number of carboxylic acids is 1. The zero-order chi connectivity index (χ0) is 20.3. The average Bonchev–Trinajstić information content (AvgIpc) is 3.00. The quantitative estimate of drug-likeness (QED) is 0.659. The number of aliphatic hydroxyl groups excluding tert-OH is 2. The number of rotatable bonds is 4. The summed E-state index contributed by atoms with van der Waals surface area (Å²) in [5, 5.41) is 30.8. The number of carbonyl (C=O) groups is 1. The lowest BCUT2D eigenvalue weighted by Crippen LogP contribution is -2.58. The summed E-state index contributed by atoms with van der Waals surface area (Å²) in [5.41, 5.74) is 0.216. The minimum atomic E-state index is -0.707. The van der Waals surface area contributed by atoms with Crippen molar-refractivity contribution in [2.75, 3.05) is 0 Å². The van der Waals surface area contributed by atoms with E-state index in [4.69, 9.17) is 5.11 Å². The molecule has 3 N–H and O–H groups in total. The molecule has 4 saturated carbocycles. The minimum Gasteiger partial charge on any atom is -0.481 e. The second-order valence-electron chi connectivity index (χ2n) is 11.3. The van der Waals surface area contributed by atoms with E-state index in [0.29, 0.717) is 35.5 Å². The molecule has 0 aromatic carbocycles. The molecule has 0 heterocycles. The first-order chi connectivity index (χ1) is 13.2. The molecule has 0 aromatic rings. The molecule has 4 nitrogen and oxygen atoms in total. The van der Waals surface area contributed by atoms with Gasteiger partial charge >= 0.3 is 5.97 Å². The smallest absolute Gasteiger partial charge is 0.303 e. The van der Waals surface area contributed by atoms with Gasteiger partial charge in [-0.05, 0) is 104 Å². The van der Waals surface area contributed by atoms with Crippen molar-refractivity contribution in [2.24, 2.45) is 46.3 Å². The van der Waals surface area contributed by atoms with E-state index in [9.17, 15) is 15.0 Å². The molecule has 4 unspecified atom stereocenters. The van der Waals surface area contributed by atoms with E-state index in [-0.39, 0.29) is 29.5 Å². The predicted molar refractivity (Wildman–Crippen MR) is 109 cm³/mol. The van der Waals surface area contributed by atoms with E-state index < -0.39 is 5.97 Å². The van der Waals surface area contributed by atoms with Gasteiger partial charge in [-0.25, -0.2) is 0 Å². The van der Waals surface area contributed by atoms with Crippen molar-refractivity contribution in [3.8, 4) is 0 Å². The van der Waals surface area contributed by atoms with Crippen LogP contribution in [0, 0.1) is 46.3 Å². The number of fused-ring (bicyclic) bond motifs is 5. The highest BCUT2D eigenvalue weighted by Gasteiger charge is 2.63. The maximum absolute atomic E-state index is 11.5. The number of carboxylic acid groups (broad SMARTS) is 1. The summed E-state index contributed by atoms with van der Waals surface area (Å²) in [6.07, 6.45) is 9.26. The number of hydrogen-bond donors (Lipinski definition) is 3. The molecule has 4 aliphatic rings. The summed E-state index contributed by atoms with van der Waals surface area (Å²) in [4.78, 5) is 11.1. The Morgan fingerprint density at radius 3 is 2.50 bits per heavy atom. The van der Waals surface area contributed by atoms with E-state index in [1.807, 2.05) is 0 Å². The van der Waals surface area contributed by atoms with Gasteiger partial charge in [-0.15, -0.1) is 0 Å². The summed E-state index contributed by atoms with van der Waals surface area (Å²) < 4.78 is 0. The Morgan fingerprint density at radius 1 is 1.04 bits per heavy atom. The fourth-order valence-electron chi connectivity index (χ4n) is 8.71. The molecule has 0 spiro atoms. The third-order valence-electron chi connectivity index (χ3n) is 10.3. The lowest BCUT2D eigenvalue weighted by molar-refractivity contribution is -0.175. The van der Waals surface area contributed by atoms with E-state index in [1.165, 1.54) is 19.3 Å². The first-order valence-electron chi connectivity index (χ1n) is 11.8. The lowest BCUT2D eigenvalue weighted by atomic mass is 9.43. The van der Waals surface area contributed by atoms with Crippen molar-refractivity contribution in [3.63, 3.8) is 0 Å². The van der Waals surface area contributed by atoms with Gasteiger partial charge in [-0.1, -0.05) is 20.8 Å². The first kappa shape index (κ1) is 20.7. The highest BCUT2D eigenvalue weighted by Crippen LogP contribution is 2.68. The molecule has 0 amide bonds. The Hall–Kier alpha value is -0.610. The Balaban J connectivity index is 1.56. The van der Waals surface area contributed by atoms with Gasteiger partial charge in [0, 0.05) is 6.42 Å². The molecule has 0 aliphatic heterocycles. The molecule has 0 aromatic heterocycles. The second kappa shape index (κ2) is 7.27. The molecular formula is C24H40O4. The molecule has 28 heavy (non-hydrogen) atoms. The predicted octanol–water partition coefficient (Wildman–Crippen LogP) is 4.48. The minimum absolute atomic E-state index is 0.0591. The third kappa shape index (κ3) is 3.05. The van der Waals surface area contributed by atoms with Gasteiger partial charge in [0.15, 0.2) is 0 Å². The third-order valence-corrected chi connectivity index (χ3v) is 10.3. The van der Waals surface area contributed by atoms with Crippen LogP contribution in [0.1, 0.15) is 85.0 Å². The van der Waals surface area contributed by atoms with Crippen molar-refractivity contribution in [1.82, 2.24) is 0 Å². The monoisotopic (exact) mass is 392 g/mol. The highest BCUT2D eigenvalue weighted by atomic mass is 16.4. The standard InChI is InChI=1S/C24H40O4/c1-14(4-9-22(27)28)18-7-8-19-17-6-5-15-12-16(25)10-11-23(15,2)20(17)13-21(26)24(18,19)3/h14-21,25-26H,4-13H2,1-3H3,(H,27,28)/t14-,15-,16?,17?,18-,19?,20?,21+,23+,24-/m1/s1. The Bertz CT molecular complexity index is 605. The Morgan fingerprint density at radius 2 is 1.79 bits per heavy atom. The van der Waals surface area contributed by atoms with Crippen LogP contribution in [-0.2, 0) is 4.79 Å². The van der Waals surface area contributed by atoms with Crippen molar-refractivity contribution >= 4 is 5.97 Å². The molecule has 160 valence electrons. The van der Waals surface area contributed by atoms with E-state index in [2.05, 4.69) is 20.8 Å². The van der Waals surface area contributed by atoms with Crippen LogP contribution >= 0.6 is 0 Å². The Kier molecular flexibility index (Phi) is 5.36. The van der Waals surface area contributed by atoms with Crippen LogP contribution in [-0.4, -0.2) is 33.5 Å². The zero-order valence-electron chi connectivity index (χ0n) is 17.9. The van der Waals surface area contributed by atoms with Crippen LogP contribution in [0.2, 0.25) is 0 Å². The fraction of sp³-hybridized carbons (Fsp3) is 0.958. The summed E-state index contributed by atoms with van der Waals surface area (Å²) in [5.74, 6) is 2.55. The number of aliphatic hydroxyl groups is 2. The van der Waals surface area contributed by atoms with E-state index in [0.717, 1.165) is 38.5 Å². The number of hydrogen-bond acceptors (Lipinski definition) is 3. The van der Waals surface area contributed by atoms with E-state index in [1.54, 1.807) is 0 Å². The molecule has 4 rings (SSSR count). The lowest BCUT2D eigenvalue weighted by Gasteiger charge is -2.62. The fourth-order valence-corrected chi connectivity index (χ4v) is 8.71. The summed E-state index contributed by atoms with van der Waals surface area (Å²) in [6, 6.07) is 0. The zero-order valence-corrected chi connectivity index (χ0v) is 17.9. The van der Waals surface area contributed by atoms with Crippen molar-refractivity contribution in [1.29, 1.82) is 0 Å².